The van der Waals surface area contributed by atoms with E-state index in [9.17, 15) is 26.4 Å². The van der Waals surface area contributed by atoms with Crippen molar-refractivity contribution in [3.05, 3.63) is 29.6 Å². The summed E-state index contributed by atoms with van der Waals surface area (Å²) in [6.07, 6.45) is 0. The average Bonchev–Trinajstić information content (AvgIpc) is 2.44. The molecule has 0 saturated carbocycles. The van der Waals surface area contributed by atoms with Crippen molar-refractivity contribution in [2.75, 3.05) is 19.6 Å². The molecule has 10 heteroatoms. The fourth-order valence-corrected chi connectivity index (χ4v) is 3.66. The third-order valence-corrected chi connectivity index (χ3v) is 4.99. The van der Waals surface area contributed by atoms with Gasteiger partial charge in [0.2, 0.25) is 10.0 Å². The Morgan fingerprint density at radius 3 is 2.57 bits per heavy atom. The van der Waals surface area contributed by atoms with Gasteiger partial charge in [-0.2, -0.15) is 4.31 Å². The van der Waals surface area contributed by atoms with E-state index in [0.717, 1.165) is 0 Å². The minimum absolute atomic E-state index is 0.161. The number of carbonyl (C=O) groups is 1. The molecule has 1 aliphatic rings. The summed E-state index contributed by atoms with van der Waals surface area (Å²) < 4.78 is 64.8. The van der Waals surface area contributed by atoms with Crippen LogP contribution in [0.15, 0.2) is 17.0 Å². The number of benzene rings is 1. The van der Waals surface area contributed by atoms with Gasteiger partial charge in [-0.25, -0.2) is 21.6 Å². The van der Waals surface area contributed by atoms with Gasteiger partial charge in [-0.1, -0.05) is 0 Å². The Labute approximate surface area is 118 Å². The Morgan fingerprint density at radius 2 is 1.95 bits per heavy atom. The maximum atomic E-state index is 13.7. The van der Waals surface area contributed by atoms with Gasteiger partial charge >= 0.3 is 5.97 Å². The fraction of sp³-hybridized carbons (Fsp3) is 0.364. The van der Waals surface area contributed by atoms with Crippen LogP contribution in [-0.4, -0.2) is 49.5 Å². The molecule has 1 aliphatic heterocycles. The van der Waals surface area contributed by atoms with Gasteiger partial charge in [-0.05, 0) is 12.1 Å². The molecule has 1 atom stereocenters. The predicted molar refractivity (Wildman–Crippen MR) is 64.5 cm³/mol. The highest BCUT2D eigenvalue weighted by Gasteiger charge is 2.39. The van der Waals surface area contributed by atoms with E-state index in [1.165, 1.54) is 0 Å². The van der Waals surface area contributed by atoms with Crippen molar-refractivity contribution >= 4 is 16.0 Å². The molecule has 21 heavy (non-hydrogen) atoms. The molecular weight excluding hydrogens is 313 g/mol. The van der Waals surface area contributed by atoms with Crippen molar-refractivity contribution in [2.45, 2.75) is 10.9 Å². The lowest BCUT2D eigenvalue weighted by atomic mass is 10.2. The number of hydrogen-bond donors (Lipinski definition) is 2. The third kappa shape index (κ3) is 2.74. The largest absolute Gasteiger partial charge is 0.480 e. The van der Waals surface area contributed by atoms with Crippen molar-refractivity contribution in [1.29, 1.82) is 0 Å². The summed E-state index contributed by atoms with van der Waals surface area (Å²) in [6.45, 7) is -0.230. The van der Waals surface area contributed by atoms with E-state index in [1.807, 2.05) is 0 Å². The van der Waals surface area contributed by atoms with Gasteiger partial charge in [0.25, 0.3) is 0 Å². The first-order valence-electron chi connectivity index (χ1n) is 5.85. The zero-order chi connectivity index (χ0) is 15.8. The molecule has 1 fully saturated rings. The van der Waals surface area contributed by atoms with Gasteiger partial charge in [-0.3, -0.25) is 4.79 Å². The first-order valence-corrected chi connectivity index (χ1v) is 7.29. The molecule has 0 aliphatic carbocycles. The zero-order valence-corrected chi connectivity index (χ0v) is 11.3. The number of rotatable bonds is 3. The lowest BCUT2D eigenvalue weighted by Crippen LogP contribution is -2.56. The highest BCUT2D eigenvalue weighted by Crippen LogP contribution is 2.25. The van der Waals surface area contributed by atoms with Crippen LogP contribution < -0.4 is 5.32 Å². The van der Waals surface area contributed by atoms with Gasteiger partial charge in [0.1, 0.15) is 10.9 Å². The highest BCUT2D eigenvalue weighted by atomic mass is 32.2. The Hall–Kier alpha value is -1.65. The SMILES string of the molecule is O=C(O)C1CNCCN1S(=O)(=O)c1ccc(F)c(F)c1F. The summed E-state index contributed by atoms with van der Waals surface area (Å²) in [5.41, 5.74) is 0. The fourth-order valence-electron chi connectivity index (χ4n) is 2.02. The molecule has 2 N–H and O–H groups in total. The molecule has 0 bridgehead atoms. The Balaban J connectivity index is 2.51. The van der Waals surface area contributed by atoms with Crippen LogP contribution in [-0.2, 0) is 14.8 Å². The smallest absolute Gasteiger partial charge is 0.323 e. The summed E-state index contributed by atoms with van der Waals surface area (Å²) in [7, 11) is -4.60. The summed E-state index contributed by atoms with van der Waals surface area (Å²) in [4.78, 5) is 9.99. The minimum atomic E-state index is -4.60. The van der Waals surface area contributed by atoms with Gasteiger partial charge in [-0.15, -0.1) is 0 Å². The van der Waals surface area contributed by atoms with Crippen LogP contribution in [0, 0.1) is 17.5 Å². The number of carboxylic acid groups (broad SMARTS) is 1. The molecular formula is C11H11F3N2O4S. The number of nitrogens with one attached hydrogen (secondary N) is 1. The lowest BCUT2D eigenvalue weighted by molar-refractivity contribution is -0.141. The van der Waals surface area contributed by atoms with E-state index in [4.69, 9.17) is 5.11 Å². The number of halogens is 3. The normalized spacial score (nSPS) is 20.4. The molecule has 0 spiro atoms. The third-order valence-electron chi connectivity index (χ3n) is 3.07. The molecule has 0 aromatic heterocycles. The quantitative estimate of drug-likeness (QED) is 0.773. The van der Waals surface area contributed by atoms with E-state index in [0.29, 0.717) is 16.4 Å². The molecule has 2 rings (SSSR count). The number of hydrogen-bond acceptors (Lipinski definition) is 4. The van der Waals surface area contributed by atoms with E-state index in [1.54, 1.807) is 0 Å². The second-order valence-corrected chi connectivity index (χ2v) is 6.21. The van der Waals surface area contributed by atoms with Gasteiger partial charge in [0.15, 0.2) is 17.5 Å². The maximum Gasteiger partial charge on any atom is 0.323 e. The standard InChI is InChI=1S/C11H11F3N2O4S/c12-6-1-2-8(10(14)9(6)13)21(19,20)16-4-3-15-5-7(16)11(17)18/h1-2,7,15H,3-5H2,(H,17,18). The first-order chi connectivity index (χ1) is 9.76. The second-order valence-electron chi connectivity index (χ2n) is 4.35. The molecule has 1 aromatic carbocycles. The Kier molecular flexibility index (Phi) is 4.21. The molecule has 6 nitrogen and oxygen atoms in total. The number of aliphatic carboxylic acids is 1. The van der Waals surface area contributed by atoms with E-state index >= 15 is 0 Å². The zero-order valence-electron chi connectivity index (χ0n) is 10.5. The van der Waals surface area contributed by atoms with Crippen molar-refractivity contribution < 1.29 is 31.5 Å². The molecule has 1 heterocycles. The van der Waals surface area contributed by atoms with Crippen molar-refractivity contribution in [3.8, 4) is 0 Å². The number of piperazine rings is 1. The Bertz CT molecular complexity index is 680. The summed E-state index contributed by atoms with van der Waals surface area (Å²) in [5, 5.41) is 11.7. The van der Waals surface area contributed by atoms with Crippen LogP contribution in [0.5, 0.6) is 0 Å². The molecule has 116 valence electrons. The summed E-state index contributed by atoms with van der Waals surface area (Å²) in [6, 6.07) is -0.399. The van der Waals surface area contributed by atoms with Gasteiger partial charge in [0, 0.05) is 19.6 Å². The van der Waals surface area contributed by atoms with Gasteiger partial charge < -0.3 is 10.4 Å². The summed E-state index contributed by atoms with van der Waals surface area (Å²) in [5.74, 6) is -6.73. The predicted octanol–water partition coefficient (Wildman–Crippen LogP) is 0.151. The van der Waals surface area contributed by atoms with Gasteiger partial charge in [0.05, 0.1) is 0 Å². The second kappa shape index (κ2) is 5.62. The van der Waals surface area contributed by atoms with E-state index in [2.05, 4.69) is 5.32 Å². The molecule has 1 aromatic rings. The number of nitrogens with zero attached hydrogens (tertiary/aromatic N) is 1. The topological polar surface area (TPSA) is 86.7 Å². The van der Waals surface area contributed by atoms with Crippen LogP contribution in [0.1, 0.15) is 0 Å². The lowest BCUT2D eigenvalue weighted by Gasteiger charge is -2.32. The van der Waals surface area contributed by atoms with Crippen molar-refractivity contribution in [2.24, 2.45) is 0 Å². The average molecular weight is 324 g/mol. The highest BCUT2D eigenvalue weighted by molar-refractivity contribution is 7.89. The molecule has 0 radical (unpaired) electrons. The monoisotopic (exact) mass is 324 g/mol. The van der Waals surface area contributed by atoms with Crippen LogP contribution in [0.25, 0.3) is 0 Å². The summed E-state index contributed by atoms with van der Waals surface area (Å²) >= 11 is 0. The minimum Gasteiger partial charge on any atom is -0.480 e. The van der Waals surface area contributed by atoms with Crippen LogP contribution >= 0.6 is 0 Å². The van der Waals surface area contributed by atoms with E-state index in [-0.39, 0.29) is 19.6 Å². The van der Waals surface area contributed by atoms with Crippen LogP contribution in [0.3, 0.4) is 0 Å². The number of sulfonamides is 1. The van der Waals surface area contributed by atoms with Crippen molar-refractivity contribution in [3.63, 3.8) is 0 Å². The van der Waals surface area contributed by atoms with Crippen molar-refractivity contribution in [1.82, 2.24) is 9.62 Å². The Morgan fingerprint density at radius 1 is 1.29 bits per heavy atom. The van der Waals surface area contributed by atoms with E-state index < -0.39 is 44.4 Å². The van der Waals surface area contributed by atoms with Crippen LogP contribution in [0.2, 0.25) is 0 Å². The first kappa shape index (κ1) is 15.7. The number of carboxylic acids is 1. The molecule has 0 amide bonds. The maximum absolute atomic E-state index is 13.7. The van der Waals surface area contributed by atoms with Crippen LogP contribution in [0.4, 0.5) is 13.2 Å². The molecule has 1 unspecified atom stereocenters. The molecule has 1 saturated heterocycles.